The van der Waals surface area contributed by atoms with Crippen molar-refractivity contribution in [2.24, 2.45) is 22.2 Å². The van der Waals surface area contributed by atoms with Gasteiger partial charge in [-0.2, -0.15) is 0 Å². The molecule has 1 atom stereocenters. The molecule has 0 aliphatic carbocycles. The topological polar surface area (TPSA) is 181 Å². The van der Waals surface area contributed by atoms with Gasteiger partial charge in [-0.15, -0.1) is 0 Å². The molecule has 0 aromatic rings. The van der Waals surface area contributed by atoms with Gasteiger partial charge in [0.15, 0.2) is 5.96 Å². The van der Waals surface area contributed by atoms with Crippen LogP contribution in [0.3, 0.4) is 0 Å². The number of guanidine groups is 1. The zero-order chi connectivity index (χ0) is 21.0. The number of aliphatic imine (C=N–C) groups is 1. The van der Waals surface area contributed by atoms with Gasteiger partial charge in [-0.05, 0) is 51.7 Å². The van der Waals surface area contributed by atoms with Gasteiger partial charge in [-0.25, -0.2) is 0 Å². The minimum absolute atomic E-state index is 0.0897. The molecule has 0 saturated heterocycles. The number of hydrogen-bond donors (Lipinski definition) is 7. The zero-order valence-corrected chi connectivity index (χ0v) is 16.9. The summed E-state index contributed by atoms with van der Waals surface area (Å²) in [4.78, 5) is 27.9. The molecule has 10 N–H and O–H groups in total. The zero-order valence-electron chi connectivity index (χ0n) is 16.9. The highest BCUT2D eigenvalue weighted by molar-refractivity contribution is 5.87. The first-order valence-electron chi connectivity index (χ1n) is 10.1. The predicted molar refractivity (Wildman–Crippen MR) is 112 cm³/mol. The van der Waals surface area contributed by atoms with E-state index < -0.39 is 12.6 Å². The van der Waals surface area contributed by atoms with Gasteiger partial charge in [0.2, 0.25) is 11.8 Å². The van der Waals surface area contributed by atoms with Crippen LogP contribution in [0.15, 0.2) is 4.99 Å². The number of amides is 2. The standard InChI is InChI=1S/C18H39N7O3/c19-9-7-11-22-10-5-6-12-23-17(28)15(14-26)25-16(27)8-3-1-2-4-13-24-18(20)21/h15,22,26H,1-14,19H2,(H,23,28)(H,25,27)(H4,20,21,24). The molecule has 0 fully saturated rings. The maximum atomic E-state index is 12.0. The number of rotatable bonds is 18. The van der Waals surface area contributed by atoms with E-state index in [0.29, 0.717) is 32.5 Å². The molecule has 0 aromatic heterocycles. The first-order chi connectivity index (χ1) is 13.5. The average molecular weight is 402 g/mol. The lowest BCUT2D eigenvalue weighted by Gasteiger charge is -2.16. The summed E-state index contributed by atoms with van der Waals surface area (Å²) < 4.78 is 0. The van der Waals surface area contributed by atoms with Gasteiger partial charge in [0.25, 0.3) is 0 Å². The first-order valence-corrected chi connectivity index (χ1v) is 10.1. The molecule has 0 heterocycles. The van der Waals surface area contributed by atoms with Crippen molar-refractivity contribution in [1.82, 2.24) is 16.0 Å². The number of hydrogen-bond acceptors (Lipinski definition) is 6. The Hall–Kier alpha value is -1.91. The van der Waals surface area contributed by atoms with Gasteiger partial charge in [-0.1, -0.05) is 12.8 Å². The van der Waals surface area contributed by atoms with E-state index >= 15 is 0 Å². The number of carbonyl (C=O) groups is 2. The summed E-state index contributed by atoms with van der Waals surface area (Å²) >= 11 is 0. The molecule has 0 radical (unpaired) electrons. The quantitative estimate of drug-likeness (QED) is 0.0830. The normalized spacial score (nSPS) is 11.6. The minimum Gasteiger partial charge on any atom is -0.394 e. The molecular formula is C18H39N7O3. The van der Waals surface area contributed by atoms with Crippen LogP contribution in [0.25, 0.3) is 0 Å². The minimum atomic E-state index is -0.906. The van der Waals surface area contributed by atoms with E-state index in [4.69, 9.17) is 17.2 Å². The summed E-state index contributed by atoms with van der Waals surface area (Å²) in [7, 11) is 0. The Labute approximate surface area is 168 Å². The molecule has 28 heavy (non-hydrogen) atoms. The lowest BCUT2D eigenvalue weighted by Crippen LogP contribution is -2.49. The number of nitrogens with zero attached hydrogens (tertiary/aromatic N) is 1. The van der Waals surface area contributed by atoms with Crippen LogP contribution in [0, 0.1) is 0 Å². The Morgan fingerprint density at radius 2 is 1.61 bits per heavy atom. The van der Waals surface area contributed by atoms with Crippen molar-refractivity contribution in [3.8, 4) is 0 Å². The molecule has 164 valence electrons. The summed E-state index contributed by atoms with van der Waals surface area (Å²) in [5, 5.41) is 17.9. The monoisotopic (exact) mass is 401 g/mol. The second kappa shape index (κ2) is 18.5. The smallest absolute Gasteiger partial charge is 0.244 e. The van der Waals surface area contributed by atoms with Crippen molar-refractivity contribution in [1.29, 1.82) is 0 Å². The Morgan fingerprint density at radius 3 is 2.29 bits per heavy atom. The SMILES string of the molecule is NCCCNCCCCNC(=O)C(CO)NC(=O)CCCCCCN=C(N)N. The number of unbranched alkanes of at least 4 members (excludes halogenated alkanes) is 4. The molecule has 0 bridgehead atoms. The molecule has 1 unspecified atom stereocenters. The lowest BCUT2D eigenvalue weighted by molar-refractivity contribution is -0.130. The van der Waals surface area contributed by atoms with Crippen molar-refractivity contribution in [3.63, 3.8) is 0 Å². The molecular weight excluding hydrogens is 362 g/mol. The van der Waals surface area contributed by atoms with Gasteiger partial charge >= 0.3 is 0 Å². The molecule has 0 saturated carbocycles. The summed E-state index contributed by atoms with van der Waals surface area (Å²) in [6.45, 7) is 3.14. The third kappa shape index (κ3) is 16.3. The van der Waals surface area contributed by atoms with E-state index in [1.807, 2.05) is 0 Å². The summed E-state index contributed by atoms with van der Waals surface area (Å²) in [6, 6.07) is -0.906. The fourth-order valence-corrected chi connectivity index (χ4v) is 2.48. The Kier molecular flexibility index (Phi) is 17.2. The maximum Gasteiger partial charge on any atom is 0.244 e. The third-order valence-corrected chi connectivity index (χ3v) is 4.08. The van der Waals surface area contributed by atoms with Crippen LogP contribution in [-0.4, -0.2) is 68.3 Å². The van der Waals surface area contributed by atoms with E-state index in [0.717, 1.165) is 51.6 Å². The second-order valence-electron chi connectivity index (χ2n) is 6.66. The molecule has 10 nitrogen and oxygen atoms in total. The number of aliphatic hydroxyl groups excluding tert-OH is 1. The van der Waals surface area contributed by atoms with Crippen LogP contribution < -0.4 is 33.2 Å². The maximum absolute atomic E-state index is 12.0. The highest BCUT2D eigenvalue weighted by atomic mass is 16.3. The molecule has 0 spiro atoms. The number of nitrogens with one attached hydrogen (secondary N) is 3. The number of aliphatic hydroxyl groups is 1. The van der Waals surface area contributed by atoms with Crippen molar-refractivity contribution in [3.05, 3.63) is 0 Å². The van der Waals surface area contributed by atoms with Gasteiger partial charge < -0.3 is 38.3 Å². The summed E-state index contributed by atoms with van der Waals surface area (Å²) in [5.74, 6) is -0.501. The van der Waals surface area contributed by atoms with E-state index in [-0.39, 0.29) is 17.8 Å². The van der Waals surface area contributed by atoms with Gasteiger partial charge in [0, 0.05) is 19.5 Å². The summed E-state index contributed by atoms with van der Waals surface area (Å²) in [5.41, 5.74) is 15.9. The van der Waals surface area contributed by atoms with Crippen LogP contribution in [0.1, 0.15) is 51.4 Å². The molecule has 0 aliphatic heterocycles. The van der Waals surface area contributed by atoms with Crippen molar-refractivity contribution >= 4 is 17.8 Å². The van der Waals surface area contributed by atoms with E-state index in [1.165, 1.54) is 0 Å². The molecule has 10 heteroatoms. The van der Waals surface area contributed by atoms with Gasteiger partial charge in [-0.3, -0.25) is 14.6 Å². The Balaban J connectivity index is 3.76. The fraction of sp³-hybridized carbons (Fsp3) is 0.833. The van der Waals surface area contributed by atoms with Crippen LogP contribution in [0.2, 0.25) is 0 Å². The number of carbonyl (C=O) groups excluding carboxylic acids is 2. The van der Waals surface area contributed by atoms with Crippen molar-refractivity contribution in [2.75, 3.05) is 39.3 Å². The van der Waals surface area contributed by atoms with Crippen LogP contribution >= 0.6 is 0 Å². The number of nitrogens with two attached hydrogens (primary N) is 3. The molecule has 0 aromatic carbocycles. The van der Waals surface area contributed by atoms with Crippen molar-refractivity contribution in [2.45, 2.75) is 57.4 Å². The Morgan fingerprint density at radius 1 is 0.929 bits per heavy atom. The van der Waals surface area contributed by atoms with Crippen molar-refractivity contribution < 1.29 is 14.7 Å². The van der Waals surface area contributed by atoms with E-state index in [2.05, 4.69) is 20.9 Å². The molecule has 2 amide bonds. The van der Waals surface area contributed by atoms with Gasteiger partial charge in [0.05, 0.1) is 6.61 Å². The fourth-order valence-electron chi connectivity index (χ4n) is 2.48. The van der Waals surface area contributed by atoms with E-state index in [1.54, 1.807) is 0 Å². The van der Waals surface area contributed by atoms with Crippen LogP contribution in [0.4, 0.5) is 0 Å². The third-order valence-electron chi connectivity index (χ3n) is 4.08. The van der Waals surface area contributed by atoms with Gasteiger partial charge in [0.1, 0.15) is 6.04 Å². The lowest BCUT2D eigenvalue weighted by atomic mass is 10.1. The molecule has 0 aliphatic rings. The first kappa shape index (κ1) is 26.1. The van der Waals surface area contributed by atoms with E-state index in [9.17, 15) is 14.7 Å². The summed E-state index contributed by atoms with van der Waals surface area (Å²) in [6.07, 6.45) is 6.41. The van der Waals surface area contributed by atoms with Crippen LogP contribution in [0.5, 0.6) is 0 Å². The second-order valence-corrected chi connectivity index (χ2v) is 6.66. The highest BCUT2D eigenvalue weighted by Crippen LogP contribution is 2.03. The highest BCUT2D eigenvalue weighted by Gasteiger charge is 2.18. The average Bonchev–Trinajstić information content (AvgIpc) is 2.66. The molecule has 0 rings (SSSR count). The largest absolute Gasteiger partial charge is 0.394 e. The van der Waals surface area contributed by atoms with Crippen LogP contribution in [-0.2, 0) is 9.59 Å². The Bertz CT molecular complexity index is 443. The predicted octanol–water partition coefficient (Wildman–Crippen LogP) is -1.48.